The van der Waals surface area contributed by atoms with Crippen LogP contribution in [0.2, 0.25) is 0 Å². The maximum Gasteiger partial charge on any atom is 0.384 e. The first-order chi connectivity index (χ1) is 15.3. The number of rotatable bonds is 13. The van der Waals surface area contributed by atoms with Crippen molar-refractivity contribution in [2.45, 2.75) is 101 Å². The molecule has 0 unspecified atom stereocenters. The van der Waals surface area contributed by atoms with E-state index in [1.807, 2.05) is 6.92 Å². The smallest absolute Gasteiger partial charge is 0.384 e. The lowest BCUT2D eigenvalue weighted by Gasteiger charge is -2.38. The molecule has 34 heavy (non-hydrogen) atoms. The Kier molecular flexibility index (Phi) is 10.0. The van der Waals surface area contributed by atoms with Gasteiger partial charge in [-0.25, -0.2) is 8.78 Å². The largest absolute Gasteiger partial charge is 0.459 e. The van der Waals surface area contributed by atoms with E-state index >= 15 is 0 Å². The lowest BCUT2D eigenvalue weighted by atomic mass is 9.78. The van der Waals surface area contributed by atoms with Crippen LogP contribution in [-0.2, 0) is 9.53 Å². The Morgan fingerprint density at radius 3 is 1.71 bits per heavy atom. The van der Waals surface area contributed by atoms with Crippen molar-refractivity contribution in [1.29, 1.82) is 0 Å². The molecule has 1 aliphatic carbocycles. The molecule has 0 amide bonds. The fourth-order valence-electron chi connectivity index (χ4n) is 3.73. The van der Waals surface area contributed by atoms with E-state index in [-0.39, 0.29) is 12.3 Å². The van der Waals surface area contributed by atoms with Gasteiger partial charge in [0, 0.05) is 6.42 Å². The maximum absolute atomic E-state index is 13.6. The predicted molar refractivity (Wildman–Crippen MR) is 95.9 cm³/mol. The Labute approximate surface area is 188 Å². The Hall–Kier alpha value is -1.37. The molecule has 0 saturated heterocycles. The molecule has 0 bridgehead atoms. The quantitative estimate of drug-likeness (QED) is 0.181. The summed E-state index contributed by atoms with van der Waals surface area (Å²) in [5, 5.41) is 0. The molecule has 1 saturated carbocycles. The van der Waals surface area contributed by atoms with Gasteiger partial charge in [0.05, 0.1) is 0 Å². The minimum atomic E-state index is -7.62. The van der Waals surface area contributed by atoms with Crippen molar-refractivity contribution in [3.63, 3.8) is 0 Å². The van der Waals surface area contributed by atoms with E-state index in [9.17, 15) is 57.5 Å². The van der Waals surface area contributed by atoms with Crippen LogP contribution in [0.4, 0.5) is 52.7 Å². The van der Waals surface area contributed by atoms with Gasteiger partial charge in [-0.1, -0.05) is 51.9 Å². The van der Waals surface area contributed by atoms with E-state index in [0.717, 1.165) is 44.9 Å². The molecule has 1 rings (SSSR count). The van der Waals surface area contributed by atoms with E-state index in [1.165, 1.54) is 0 Å². The number of esters is 1. The first-order valence-electron chi connectivity index (χ1n) is 10.7. The van der Waals surface area contributed by atoms with Crippen molar-refractivity contribution in [2.75, 3.05) is 6.61 Å². The van der Waals surface area contributed by atoms with E-state index in [1.54, 1.807) is 0 Å². The van der Waals surface area contributed by atoms with Crippen LogP contribution < -0.4 is 0 Å². The number of halogens is 12. The highest BCUT2D eigenvalue weighted by Gasteiger charge is 2.87. The zero-order valence-corrected chi connectivity index (χ0v) is 18.2. The van der Waals surface area contributed by atoms with Gasteiger partial charge in [-0.15, -0.1) is 0 Å². The van der Waals surface area contributed by atoms with Crippen LogP contribution in [-0.4, -0.2) is 48.6 Å². The van der Waals surface area contributed by atoms with E-state index < -0.39 is 55.0 Å². The second-order valence-electron chi connectivity index (χ2n) is 8.58. The summed E-state index contributed by atoms with van der Waals surface area (Å²) in [5.74, 6) is -36.8. The summed E-state index contributed by atoms with van der Waals surface area (Å²) in [4.78, 5) is 11.6. The first-order valence-corrected chi connectivity index (χ1v) is 10.7. The van der Waals surface area contributed by atoms with Crippen LogP contribution in [0, 0.1) is 11.8 Å². The number of ether oxygens (including phenoxy) is 1. The molecule has 0 aromatic carbocycles. The molecule has 0 aromatic heterocycles. The Bertz CT molecular complexity index is 658. The fraction of sp³-hybridized carbons (Fsp3) is 0.950. The lowest BCUT2D eigenvalue weighted by Crippen LogP contribution is -2.69. The van der Waals surface area contributed by atoms with Crippen LogP contribution in [0.1, 0.15) is 64.7 Å². The molecular weight excluding hydrogens is 500 g/mol. The third-order valence-corrected chi connectivity index (χ3v) is 6.04. The Balaban J connectivity index is 2.70. The standard InChI is InChI=1S/C20H26F12O2/c1-2-3-4-12-5-7-13(8-6-12)9-10-14(33)34-11-16(23,24)18(27,28)20(31,32)19(29,30)17(25,26)15(21)22/h12-13,15H,2-11H2,1H3/t12-,13-. The molecule has 14 heteroatoms. The average Bonchev–Trinajstić information content (AvgIpc) is 2.74. The summed E-state index contributed by atoms with van der Waals surface area (Å²) in [6.45, 7) is -0.795. The Morgan fingerprint density at radius 2 is 1.26 bits per heavy atom. The molecule has 0 radical (unpaired) electrons. The van der Waals surface area contributed by atoms with E-state index in [4.69, 9.17) is 0 Å². The number of carbonyl (C=O) groups is 1. The van der Waals surface area contributed by atoms with Crippen molar-refractivity contribution in [3.05, 3.63) is 0 Å². The average molecular weight is 526 g/mol. The molecular formula is C20H26F12O2. The first kappa shape index (κ1) is 30.7. The van der Waals surface area contributed by atoms with Crippen molar-refractivity contribution in [1.82, 2.24) is 0 Å². The van der Waals surface area contributed by atoms with Gasteiger partial charge >= 0.3 is 42.0 Å². The molecule has 0 heterocycles. The minimum absolute atomic E-state index is 0.00646. The van der Waals surface area contributed by atoms with Crippen LogP contribution >= 0.6 is 0 Å². The molecule has 1 aliphatic rings. The lowest BCUT2D eigenvalue weighted by molar-refractivity contribution is -0.414. The van der Waals surface area contributed by atoms with Crippen molar-refractivity contribution >= 4 is 5.97 Å². The third kappa shape index (κ3) is 6.24. The predicted octanol–water partition coefficient (Wildman–Crippen LogP) is 7.75. The highest BCUT2D eigenvalue weighted by Crippen LogP contribution is 2.58. The number of unbranched alkanes of at least 4 members (excludes halogenated alkanes) is 1. The summed E-state index contributed by atoms with van der Waals surface area (Å²) in [6.07, 6.45) is 0.328. The second-order valence-corrected chi connectivity index (χ2v) is 8.58. The van der Waals surface area contributed by atoms with Crippen LogP contribution in [0.25, 0.3) is 0 Å². The zero-order valence-electron chi connectivity index (χ0n) is 18.2. The van der Waals surface area contributed by atoms with Gasteiger partial charge in [0.25, 0.3) is 0 Å². The van der Waals surface area contributed by atoms with Crippen molar-refractivity contribution in [3.8, 4) is 0 Å². The van der Waals surface area contributed by atoms with Gasteiger partial charge in [0.1, 0.15) is 0 Å². The number of hydrogen-bond donors (Lipinski definition) is 0. The van der Waals surface area contributed by atoms with Gasteiger partial charge in [0.15, 0.2) is 6.61 Å². The van der Waals surface area contributed by atoms with E-state index in [0.29, 0.717) is 5.92 Å². The normalized spacial score (nSPS) is 21.1. The van der Waals surface area contributed by atoms with Crippen LogP contribution in [0.5, 0.6) is 0 Å². The summed E-state index contributed by atoms with van der Waals surface area (Å²) < 4.78 is 161. The molecule has 0 atom stereocenters. The van der Waals surface area contributed by atoms with Gasteiger partial charge in [-0.05, 0) is 18.3 Å². The van der Waals surface area contributed by atoms with Gasteiger partial charge < -0.3 is 4.74 Å². The molecule has 0 spiro atoms. The van der Waals surface area contributed by atoms with Gasteiger partial charge in [-0.3, -0.25) is 4.79 Å². The highest BCUT2D eigenvalue weighted by molar-refractivity contribution is 5.69. The Morgan fingerprint density at radius 1 is 0.794 bits per heavy atom. The number of alkyl halides is 12. The summed E-state index contributed by atoms with van der Waals surface area (Å²) in [7, 11) is 0. The van der Waals surface area contributed by atoms with Crippen LogP contribution in [0.15, 0.2) is 0 Å². The fourth-order valence-corrected chi connectivity index (χ4v) is 3.73. The topological polar surface area (TPSA) is 26.3 Å². The van der Waals surface area contributed by atoms with E-state index in [2.05, 4.69) is 4.74 Å². The molecule has 202 valence electrons. The summed E-state index contributed by atoms with van der Waals surface area (Å²) >= 11 is 0. The SMILES string of the molecule is CCCC[C@H]1CC[C@H](CCC(=O)OCC(F)(F)C(F)(F)C(F)(F)C(F)(F)C(F)(F)C(F)F)CC1. The number of carbonyl (C=O) groups excluding carboxylic acids is 1. The van der Waals surface area contributed by atoms with Gasteiger partial charge in [0.2, 0.25) is 0 Å². The minimum Gasteiger partial charge on any atom is -0.459 e. The maximum atomic E-state index is 13.6. The molecule has 0 aliphatic heterocycles. The molecule has 0 aromatic rings. The number of hydrogen-bond acceptors (Lipinski definition) is 2. The second kappa shape index (κ2) is 11.1. The summed E-state index contributed by atoms with van der Waals surface area (Å²) in [5.41, 5.74) is 0. The molecule has 2 nitrogen and oxygen atoms in total. The molecule has 1 fully saturated rings. The summed E-state index contributed by atoms with van der Waals surface area (Å²) in [6, 6.07) is 0. The monoisotopic (exact) mass is 526 g/mol. The zero-order chi connectivity index (χ0) is 26.6. The molecule has 0 N–H and O–H groups in total. The highest BCUT2D eigenvalue weighted by atomic mass is 19.4. The van der Waals surface area contributed by atoms with Gasteiger partial charge in [-0.2, -0.15) is 43.9 Å². The van der Waals surface area contributed by atoms with Crippen LogP contribution in [0.3, 0.4) is 0 Å². The van der Waals surface area contributed by atoms with Crippen molar-refractivity contribution in [2.24, 2.45) is 11.8 Å². The van der Waals surface area contributed by atoms with Crippen molar-refractivity contribution < 1.29 is 62.2 Å². The third-order valence-electron chi connectivity index (χ3n) is 6.04.